The molecule has 0 rings (SSSR count). The third-order valence-corrected chi connectivity index (χ3v) is 5.21. The average molecular weight is 371 g/mol. The fourth-order valence-electron chi connectivity index (χ4n) is 3.44. The first kappa shape index (κ1) is 24.9. The smallest absolute Gasteiger partial charge is 0.307 e. The minimum atomic E-state index is -0.885. The lowest BCUT2D eigenvalue weighted by Gasteiger charge is -2.19. The molecule has 0 aliphatic carbocycles. The standard InChI is InChI=1S/C22H42O4/c1-4-6-7-8-9-10-11-12-13-14-15-16-17-19(3)20(22(24)25)18-21(23)26-5-2/h19-20H,4-18H2,1-3H3,(H,24,25). The van der Waals surface area contributed by atoms with Crippen molar-refractivity contribution in [3.8, 4) is 0 Å². The minimum absolute atomic E-state index is 0.0113. The summed E-state index contributed by atoms with van der Waals surface area (Å²) in [7, 11) is 0. The van der Waals surface area contributed by atoms with Crippen LogP contribution in [0.15, 0.2) is 0 Å². The molecule has 0 spiro atoms. The highest BCUT2D eigenvalue weighted by molar-refractivity contribution is 5.78. The summed E-state index contributed by atoms with van der Waals surface area (Å²) in [5.74, 6) is -1.90. The summed E-state index contributed by atoms with van der Waals surface area (Å²) in [5.41, 5.74) is 0. The molecule has 0 amide bonds. The van der Waals surface area contributed by atoms with Gasteiger partial charge in [-0.1, -0.05) is 90.9 Å². The zero-order valence-electron chi connectivity index (χ0n) is 17.4. The molecule has 0 saturated heterocycles. The second kappa shape index (κ2) is 17.4. The molecule has 0 aromatic carbocycles. The molecule has 26 heavy (non-hydrogen) atoms. The molecule has 1 N–H and O–H groups in total. The Balaban J connectivity index is 3.65. The van der Waals surface area contributed by atoms with Crippen LogP contribution in [0.3, 0.4) is 0 Å². The SMILES string of the molecule is CCCCCCCCCCCCCCC(C)C(CC(=O)OCC)C(=O)O. The first-order valence-corrected chi connectivity index (χ1v) is 10.9. The third-order valence-electron chi connectivity index (χ3n) is 5.21. The van der Waals surface area contributed by atoms with Crippen molar-refractivity contribution in [1.29, 1.82) is 0 Å². The summed E-state index contributed by atoms with van der Waals surface area (Å²) in [4.78, 5) is 22.9. The highest BCUT2D eigenvalue weighted by atomic mass is 16.5. The monoisotopic (exact) mass is 370 g/mol. The summed E-state index contributed by atoms with van der Waals surface area (Å²) >= 11 is 0. The average Bonchev–Trinajstić information content (AvgIpc) is 2.60. The summed E-state index contributed by atoms with van der Waals surface area (Å²) in [5, 5.41) is 9.34. The van der Waals surface area contributed by atoms with Crippen molar-refractivity contribution in [2.75, 3.05) is 6.61 Å². The van der Waals surface area contributed by atoms with Crippen LogP contribution in [0.25, 0.3) is 0 Å². The Bertz CT molecular complexity index is 354. The molecule has 2 atom stereocenters. The molecule has 0 aliphatic heterocycles. The summed E-state index contributed by atoms with van der Waals surface area (Å²) in [6.45, 7) is 6.24. The number of carboxylic acids is 1. The molecule has 0 aliphatic rings. The molecular weight excluding hydrogens is 328 g/mol. The van der Waals surface area contributed by atoms with Crippen LogP contribution >= 0.6 is 0 Å². The predicted molar refractivity (Wildman–Crippen MR) is 107 cm³/mol. The van der Waals surface area contributed by atoms with Gasteiger partial charge in [0, 0.05) is 0 Å². The normalized spacial score (nSPS) is 13.3. The summed E-state index contributed by atoms with van der Waals surface area (Å²) in [6, 6.07) is 0. The first-order valence-electron chi connectivity index (χ1n) is 10.9. The zero-order chi connectivity index (χ0) is 19.6. The van der Waals surface area contributed by atoms with Crippen molar-refractivity contribution in [2.24, 2.45) is 11.8 Å². The van der Waals surface area contributed by atoms with Crippen LogP contribution in [-0.4, -0.2) is 23.7 Å². The second-order valence-electron chi connectivity index (χ2n) is 7.61. The van der Waals surface area contributed by atoms with Gasteiger partial charge in [-0.05, 0) is 19.3 Å². The Labute approximate surface area is 161 Å². The maximum atomic E-state index is 11.6. The van der Waals surface area contributed by atoms with Gasteiger partial charge in [0.25, 0.3) is 0 Å². The van der Waals surface area contributed by atoms with Crippen molar-refractivity contribution in [3.05, 3.63) is 0 Å². The van der Waals surface area contributed by atoms with Crippen LogP contribution in [0.4, 0.5) is 0 Å². The van der Waals surface area contributed by atoms with Gasteiger partial charge in [-0.2, -0.15) is 0 Å². The van der Waals surface area contributed by atoms with E-state index in [-0.39, 0.29) is 12.3 Å². The van der Waals surface area contributed by atoms with E-state index in [1.54, 1.807) is 6.92 Å². The van der Waals surface area contributed by atoms with E-state index in [2.05, 4.69) is 6.92 Å². The Morgan fingerprint density at radius 1 is 0.808 bits per heavy atom. The molecule has 0 bridgehead atoms. The lowest BCUT2D eigenvalue weighted by Crippen LogP contribution is -2.25. The van der Waals surface area contributed by atoms with E-state index in [0.717, 1.165) is 19.3 Å². The Kier molecular flexibility index (Phi) is 16.7. The van der Waals surface area contributed by atoms with Crippen LogP contribution in [0, 0.1) is 11.8 Å². The quantitative estimate of drug-likeness (QED) is 0.225. The summed E-state index contributed by atoms with van der Waals surface area (Å²) < 4.78 is 4.89. The largest absolute Gasteiger partial charge is 0.481 e. The maximum absolute atomic E-state index is 11.6. The molecule has 0 radical (unpaired) electrons. The van der Waals surface area contributed by atoms with E-state index in [4.69, 9.17) is 4.74 Å². The van der Waals surface area contributed by atoms with Crippen molar-refractivity contribution in [2.45, 2.75) is 111 Å². The van der Waals surface area contributed by atoms with Crippen molar-refractivity contribution >= 4 is 11.9 Å². The molecule has 0 fully saturated rings. The van der Waals surface area contributed by atoms with E-state index in [9.17, 15) is 14.7 Å². The number of carbonyl (C=O) groups excluding carboxylic acids is 1. The summed E-state index contributed by atoms with van der Waals surface area (Å²) in [6.07, 6.45) is 16.5. The van der Waals surface area contributed by atoms with Gasteiger partial charge in [0.05, 0.1) is 18.9 Å². The van der Waals surface area contributed by atoms with Crippen LogP contribution in [0.5, 0.6) is 0 Å². The van der Waals surface area contributed by atoms with Gasteiger partial charge >= 0.3 is 11.9 Å². The van der Waals surface area contributed by atoms with Crippen LogP contribution in [0.1, 0.15) is 111 Å². The number of hydrogen-bond acceptors (Lipinski definition) is 3. The number of unbranched alkanes of at least 4 members (excludes halogenated alkanes) is 11. The van der Waals surface area contributed by atoms with Crippen LogP contribution < -0.4 is 0 Å². The van der Waals surface area contributed by atoms with E-state index in [0.29, 0.717) is 6.61 Å². The highest BCUT2D eigenvalue weighted by Crippen LogP contribution is 2.23. The number of hydrogen-bond donors (Lipinski definition) is 1. The molecule has 0 saturated carbocycles. The number of carboxylic acid groups (broad SMARTS) is 1. The van der Waals surface area contributed by atoms with Crippen LogP contribution in [-0.2, 0) is 14.3 Å². The maximum Gasteiger partial charge on any atom is 0.307 e. The predicted octanol–water partition coefficient (Wildman–Crippen LogP) is 6.37. The fraction of sp³-hybridized carbons (Fsp3) is 0.909. The number of esters is 1. The van der Waals surface area contributed by atoms with Gasteiger partial charge in [0.15, 0.2) is 0 Å². The zero-order valence-corrected chi connectivity index (χ0v) is 17.4. The number of aliphatic carboxylic acids is 1. The Morgan fingerprint density at radius 3 is 1.69 bits per heavy atom. The molecule has 154 valence electrons. The lowest BCUT2D eigenvalue weighted by molar-refractivity contribution is -0.153. The van der Waals surface area contributed by atoms with Gasteiger partial charge < -0.3 is 9.84 Å². The fourth-order valence-corrected chi connectivity index (χ4v) is 3.44. The first-order chi connectivity index (χ1) is 12.5. The Hall–Kier alpha value is -1.06. The molecule has 0 heterocycles. The molecule has 0 aromatic rings. The van der Waals surface area contributed by atoms with Crippen molar-refractivity contribution in [3.63, 3.8) is 0 Å². The topological polar surface area (TPSA) is 63.6 Å². The van der Waals surface area contributed by atoms with E-state index < -0.39 is 17.9 Å². The van der Waals surface area contributed by atoms with Crippen molar-refractivity contribution in [1.82, 2.24) is 0 Å². The van der Waals surface area contributed by atoms with Gasteiger partial charge in [0.2, 0.25) is 0 Å². The minimum Gasteiger partial charge on any atom is -0.481 e. The third kappa shape index (κ3) is 14.1. The Morgan fingerprint density at radius 2 is 1.27 bits per heavy atom. The van der Waals surface area contributed by atoms with Gasteiger partial charge in [0.1, 0.15) is 0 Å². The van der Waals surface area contributed by atoms with Crippen molar-refractivity contribution < 1.29 is 19.4 Å². The van der Waals surface area contributed by atoms with Crippen LogP contribution in [0.2, 0.25) is 0 Å². The van der Waals surface area contributed by atoms with Gasteiger partial charge in [-0.3, -0.25) is 9.59 Å². The van der Waals surface area contributed by atoms with Gasteiger partial charge in [-0.15, -0.1) is 0 Å². The molecule has 2 unspecified atom stereocenters. The molecule has 4 heteroatoms. The molecule has 4 nitrogen and oxygen atoms in total. The molecular formula is C22H42O4. The van der Waals surface area contributed by atoms with E-state index >= 15 is 0 Å². The number of rotatable bonds is 18. The lowest BCUT2D eigenvalue weighted by atomic mass is 9.87. The second-order valence-corrected chi connectivity index (χ2v) is 7.61. The number of ether oxygens (including phenoxy) is 1. The highest BCUT2D eigenvalue weighted by Gasteiger charge is 2.27. The number of carbonyl (C=O) groups is 2. The van der Waals surface area contributed by atoms with E-state index in [1.165, 1.54) is 64.2 Å². The molecule has 0 aromatic heterocycles. The van der Waals surface area contributed by atoms with E-state index in [1.807, 2.05) is 6.92 Å². The van der Waals surface area contributed by atoms with Gasteiger partial charge in [-0.25, -0.2) is 0 Å².